The van der Waals surface area contributed by atoms with Gasteiger partial charge in [-0.05, 0) is 49.4 Å². The van der Waals surface area contributed by atoms with Crippen molar-refractivity contribution in [2.24, 2.45) is 0 Å². The monoisotopic (exact) mass is 376 g/mol. The lowest BCUT2D eigenvalue weighted by Crippen LogP contribution is -2.24. The van der Waals surface area contributed by atoms with Gasteiger partial charge in [0.25, 0.3) is 5.91 Å². The number of hydrogen-bond acceptors (Lipinski definition) is 5. The molecular formula is C18H20N2O5S. The summed E-state index contributed by atoms with van der Waals surface area (Å²) in [5, 5.41) is 2.70. The zero-order valence-corrected chi connectivity index (χ0v) is 15.5. The zero-order valence-electron chi connectivity index (χ0n) is 14.7. The van der Waals surface area contributed by atoms with E-state index in [1.165, 1.54) is 25.2 Å². The van der Waals surface area contributed by atoms with Crippen LogP contribution in [-0.4, -0.2) is 40.2 Å². The Bertz CT molecular complexity index is 907. The van der Waals surface area contributed by atoms with E-state index in [1.54, 1.807) is 37.3 Å². The molecule has 8 heteroatoms. The first-order chi connectivity index (χ1) is 12.2. The summed E-state index contributed by atoms with van der Waals surface area (Å²) in [6.07, 6.45) is 1.10. The van der Waals surface area contributed by atoms with Gasteiger partial charge >= 0.3 is 5.97 Å². The number of anilines is 2. The number of nitrogens with one attached hydrogen (secondary N) is 1. The minimum absolute atomic E-state index is 0.268. The smallest absolute Gasteiger partial charge is 0.338 e. The van der Waals surface area contributed by atoms with E-state index in [1.807, 2.05) is 0 Å². The molecule has 0 saturated heterocycles. The Labute approximate surface area is 152 Å². The second-order valence-corrected chi connectivity index (χ2v) is 7.55. The van der Waals surface area contributed by atoms with Gasteiger partial charge in [-0.1, -0.05) is 6.07 Å². The highest BCUT2D eigenvalue weighted by Crippen LogP contribution is 2.18. The van der Waals surface area contributed by atoms with Crippen LogP contribution < -0.4 is 9.62 Å². The van der Waals surface area contributed by atoms with Gasteiger partial charge in [0.05, 0.1) is 24.1 Å². The highest BCUT2D eigenvalue weighted by molar-refractivity contribution is 7.92. The van der Waals surface area contributed by atoms with Crippen molar-refractivity contribution in [2.45, 2.75) is 6.92 Å². The number of benzene rings is 2. The Kier molecular flexibility index (Phi) is 5.99. The summed E-state index contributed by atoms with van der Waals surface area (Å²) < 4.78 is 29.1. The third-order valence-corrected chi connectivity index (χ3v) is 4.83. The summed E-state index contributed by atoms with van der Waals surface area (Å²) in [6.45, 7) is 1.98. The van der Waals surface area contributed by atoms with E-state index in [0.29, 0.717) is 22.5 Å². The van der Waals surface area contributed by atoms with Gasteiger partial charge < -0.3 is 10.1 Å². The van der Waals surface area contributed by atoms with Crippen LogP contribution in [0.15, 0.2) is 48.5 Å². The number of nitrogens with zero attached hydrogens (tertiary/aromatic N) is 1. The number of hydrogen-bond donors (Lipinski definition) is 1. The molecule has 0 aliphatic rings. The van der Waals surface area contributed by atoms with Crippen LogP contribution >= 0.6 is 0 Å². The van der Waals surface area contributed by atoms with Crippen LogP contribution in [0.3, 0.4) is 0 Å². The number of ether oxygens (including phenoxy) is 1. The number of rotatable bonds is 6. The maximum Gasteiger partial charge on any atom is 0.338 e. The average molecular weight is 376 g/mol. The minimum atomic E-state index is -3.37. The van der Waals surface area contributed by atoms with E-state index < -0.39 is 16.0 Å². The Morgan fingerprint density at radius 1 is 1.08 bits per heavy atom. The first-order valence-electron chi connectivity index (χ1n) is 7.85. The Morgan fingerprint density at radius 2 is 1.73 bits per heavy atom. The van der Waals surface area contributed by atoms with Crippen molar-refractivity contribution in [3.63, 3.8) is 0 Å². The molecule has 1 amide bonds. The van der Waals surface area contributed by atoms with Crippen molar-refractivity contribution in [2.75, 3.05) is 29.5 Å². The van der Waals surface area contributed by atoms with E-state index in [2.05, 4.69) is 5.32 Å². The van der Waals surface area contributed by atoms with Gasteiger partial charge in [0, 0.05) is 18.3 Å². The fourth-order valence-corrected chi connectivity index (χ4v) is 2.66. The molecule has 138 valence electrons. The average Bonchev–Trinajstić information content (AvgIpc) is 2.61. The predicted molar refractivity (Wildman–Crippen MR) is 100 cm³/mol. The molecule has 0 atom stereocenters. The lowest BCUT2D eigenvalue weighted by Gasteiger charge is -2.16. The highest BCUT2D eigenvalue weighted by Gasteiger charge is 2.13. The molecule has 0 aliphatic carbocycles. The highest BCUT2D eigenvalue weighted by atomic mass is 32.2. The first-order valence-corrected chi connectivity index (χ1v) is 9.69. The number of esters is 1. The third-order valence-electron chi connectivity index (χ3n) is 3.62. The van der Waals surface area contributed by atoms with Crippen LogP contribution in [0.25, 0.3) is 0 Å². The van der Waals surface area contributed by atoms with Crippen LogP contribution in [0.4, 0.5) is 11.4 Å². The van der Waals surface area contributed by atoms with Gasteiger partial charge in [-0.2, -0.15) is 0 Å². The van der Waals surface area contributed by atoms with Crippen LogP contribution in [-0.2, 0) is 14.8 Å². The third kappa shape index (κ3) is 4.82. The number of carbonyl (C=O) groups is 2. The van der Waals surface area contributed by atoms with Gasteiger partial charge in [-0.3, -0.25) is 9.10 Å². The molecule has 0 unspecified atom stereocenters. The number of amides is 1. The molecule has 2 aromatic rings. The van der Waals surface area contributed by atoms with E-state index in [4.69, 9.17) is 4.74 Å². The fourth-order valence-electron chi connectivity index (χ4n) is 2.16. The van der Waals surface area contributed by atoms with E-state index in [-0.39, 0.29) is 12.5 Å². The quantitative estimate of drug-likeness (QED) is 0.782. The summed E-state index contributed by atoms with van der Waals surface area (Å²) in [5.41, 5.74) is 1.61. The van der Waals surface area contributed by atoms with Gasteiger partial charge in [0.15, 0.2) is 0 Å². The summed E-state index contributed by atoms with van der Waals surface area (Å²) in [5.74, 6) is -0.837. The van der Waals surface area contributed by atoms with E-state index in [9.17, 15) is 18.0 Å². The van der Waals surface area contributed by atoms with Crippen molar-refractivity contribution in [1.29, 1.82) is 0 Å². The Morgan fingerprint density at radius 3 is 2.31 bits per heavy atom. The number of sulfonamides is 1. The molecule has 1 N–H and O–H groups in total. The molecule has 0 spiro atoms. The maximum atomic E-state index is 12.3. The van der Waals surface area contributed by atoms with Gasteiger partial charge in [0.2, 0.25) is 10.0 Å². The molecular weight excluding hydrogens is 356 g/mol. The van der Waals surface area contributed by atoms with Gasteiger partial charge in [-0.15, -0.1) is 0 Å². The predicted octanol–water partition coefficient (Wildman–Crippen LogP) is 2.51. The fraction of sp³-hybridized carbons (Fsp3) is 0.222. The molecule has 0 fully saturated rings. The van der Waals surface area contributed by atoms with Crippen molar-refractivity contribution in [1.82, 2.24) is 0 Å². The first kappa shape index (κ1) is 19.5. The van der Waals surface area contributed by atoms with Crippen molar-refractivity contribution in [3.05, 3.63) is 59.7 Å². The second kappa shape index (κ2) is 8.01. The van der Waals surface area contributed by atoms with Crippen molar-refractivity contribution >= 4 is 33.3 Å². The van der Waals surface area contributed by atoms with Crippen molar-refractivity contribution < 1.29 is 22.7 Å². The standard InChI is InChI=1S/C18H20N2O5S/c1-4-25-18(22)14-6-5-7-15(12-14)19-17(21)13-8-10-16(11-9-13)20(2)26(3,23)24/h5-12H,4H2,1-3H3,(H,19,21). The summed E-state index contributed by atoms with van der Waals surface area (Å²) >= 11 is 0. The topological polar surface area (TPSA) is 92.8 Å². The zero-order chi connectivity index (χ0) is 19.3. The SMILES string of the molecule is CCOC(=O)c1cccc(NC(=O)c2ccc(N(C)S(C)(=O)=O)cc2)c1. The molecule has 0 saturated carbocycles. The van der Waals surface area contributed by atoms with Gasteiger partial charge in [-0.25, -0.2) is 13.2 Å². The molecule has 2 aromatic carbocycles. The lowest BCUT2D eigenvalue weighted by molar-refractivity contribution is 0.0526. The lowest BCUT2D eigenvalue weighted by atomic mass is 10.1. The molecule has 7 nitrogen and oxygen atoms in total. The molecule has 0 radical (unpaired) electrons. The second-order valence-electron chi connectivity index (χ2n) is 5.53. The van der Waals surface area contributed by atoms with Crippen LogP contribution in [0.2, 0.25) is 0 Å². The molecule has 26 heavy (non-hydrogen) atoms. The summed E-state index contributed by atoms with van der Waals surface area (Å²) in [7, 11) is -1.93. The molecule has 0 bridgehead atoms. The number of carbonyl (C=O) groups excluding carboxylic acids is 2. The minimum Gasteiger partial charge on any atom is -0.462 e. The summed E-state index contributed by atoms with van der Waals surface area (Å²) in [6, 6.07) is 12.6. The van der Waals surface area contributed by atoms with Crippen LogP contribution in [0.5, 0.6) is 0 Å². The van der Waals surface area contributed by atoms with Crippen molar-refractivity contribution in [3.8, 4) is 0 Å². The molecule has 0 aliphatic heterocycles. The van der Waals surface area contributed by atoms with Crippen LogP contribution in [0.1, 0.15) is 27.6 Å². The molecule has 0 heterocycles. The van der Waals surface area contributed by atoms with Gasteiger partial charge in [0.1, 0.15) is 0 Å². The largest absolute Gasteiger partial charge is 0.462 e. The Hall–Kier alpha value is -2.87. The van der Waals surface area contributed by atoms with Crippen LogP contribution in [0, 0.1) is 0 Å². The molecule has 0 aromatic heterocycles. The van der Waals surface area contributed by atoms with E-state index in [0.717, 1.165) is 10.6 Å². The normalized spacial score (nSPS) is 10.9. The maximum absolute atomic E-state index is 12.3. The Balaban J connectivity index is 2.13. The molecule has 2 rings (SSSR count). The van der Waals surface area contributed by atoms with E-state index >= 15 is 0 Å². The summed E-state index contributed by atoms with van der Waals surface area (Å²) in [4.78, 5) is 24.1.